The molecule has 1 aromatic carbocycles. The van der Waals surface area contributed by atoms with E-state index in [1.165, 1.54) is 24.3 Å². The van der Waals surface area contributed by atoms with Gasteiger partial charge in [-0.1, -0.05) is 20.8 Å². The minimum atomic E-state index is -0.324. The van der Waals surface area contributed by atoms with Crippen LogP contribution in [0, 0.1) is 17.7 Å². The normalized spacial score (nSPS) is 12.5. The Hall–Kier alpha value is -1.38. The van der Waals surface area contributed by atoms with Crippen LogP contribution in [0.1, 0.15) is 37.6 Å². The molecule has 0 aromatic heterocycles. The molecule has 3 heteroatoms. The van der Waals surface area contributed by atoms with Crippen LogP contribution in [0.4, 0.5) is 4.39 Å². The molecule has 0 bridgehead atoms. The van der Waals surface area contributed by atoms with Gasteiger partial charge in [0.15, 0.2) is 0 Å². The van der Waals surface area contributed by atoms with Gasteiger partial charge < -0.3 is 5.32 Å². The van der Waals surface area contributed by atoms with Gasteiger partial charge in [-0.25, -0.2) is 4.39 Å². The van der Waals surface area contributed by atoms with Crippen LogP contribution in [0.25, 0.3) is 0 Å². The van der Waals surface area contributed by atoms with Crippen molar-refractivity contribution in [1.82, 2.24) is 5.32 Å². The van der Waals surface area contributed by atoms with Crippen molar-refractivity contribution >= 4 is 5.91 Å². The molecule has 94 valence electrons. The molecule has 0 aliphatic heterocycles. The summed E-state index contributed by atoms with van der Waals surface area (Å²) in [6.07, 6.45) is 1.09. The van der Waals surface area contributed by atoms with Crippen molar-refractivity contribution in [2.24, 2.45) is 11.8 Å². The average molecular weight is 237 g/mol. The van der Waals surface area contributed by atoms with Gasteiger partial charge in [0, 0.05) is 12.1 Å². The molecule has 0 spiro atoms. The highest BCUT2D eigenvalue weighted by Gasteiger charge is 2.09. The van der Waals surface area contributed by atoms with Crippen LogP contribution in [0.5, 0.6) is 0 Å². The predicted molar refractivity (Wildman–Crippen MR) is 67.4 cm³/mol. The number of carbonyl (C=O) groups is 1. The van der Waals surface area contributed by atoms with Crippen LogP contribution in [0.15, 0.2) is 24.3 Å². The molecule has 1 N–H and O–H groups in total. The summed E-state index contributed by atoms with van der Waals surface area (Å²) in [5.41, 5.74) is 0.503. The smallest absolute Gasteiger partial charge is 0.251 e. The number of benzene rings is 1. The molecular formula is C14H20FNO. The van der Waals surface area contributed by atoms with E-state index in [-0.39, 0.29) is 11.7 Å². The molecule has 1 unspecified atom stereocenters. The molecule has 1 rings (SSSR count). The summed E-state index contributed by atoms with van der Waals surface area (Å²) in [5, 5.41) is 2.86. The Labute approximate surface area is 102 Å². The van der Waals surface area contributed by atoms with Crippen LogP contribution < -0.4 is 5.32 Å². The fourth-order valence-corrected chi connectivity index (χ4v) is 1.86. The van der Waals surface area contributed by atoms with E-state index in [0.29, 0.717) is 23.9 Å². The SMILES string of the molecule is CC(C)CC(C)CNC(=O)c1ccc(F)cc1. The summed E-state index contributed by atoms with van der Waals surface area (Å²) in [6.45, 7) is 7.11. The first-order valence-electron chi connectivity index (χ1n) is 6.02. The van der Waals surface area contributed by atoms with Gasteiger partial charge >= 0.3 is 0 Å². The van der Waals surface area contributed by atoms with Crippen LogP contribution >= 0.6 is 0 Å². The van der Waals surface area contributed by atoms with Crippen molar-refractivity contribution in [3.05, 3.63) is 35.6 Å². The third-order valence-corrected chi connectivity index (χ3v) is 2.59. The lowest BCUT2D eigenvalue weighted by Crippen LogP contribution is -2.28. The molecule has 0 aliphatic carbocycles. The fourth-order valence-electron chi connectivity index (χ4n) is 1.86. The van der Waals surface area contributed by atoms with E-state index in [4.69, 9.17) is 0 Å². The lowest BCUT2D eigenvalue weighted by atomic mass is 9.99. The Kier molecular flexibility index (Phi) is 5.13. The minimum absolute atomic E-state index is 0.138. The number of nitrogens with one attached hydrogen (secondary N) is 1. The maximum atomic E-state index is 12.7. The largest absolute Gasteiger partial charge is 0.352 e. The quantitative estimate of drug-likeness (QED) is 0.837. The van der Waals surface area contributed by atoms with Gasteiger partial charge in [0.1, 0.15) is 5.82 Å². The van der Waals surface area contributed by atoms with Gasteiger partial charge in [-0.3, -0.25) is 4.79 Å². The van der Waals surface area contributed by atoms with E-state index >= 15 is 0 Å². The van der Waals surface area contributed by atoms with Crippen molar-refractivity contribution < 1.29 is 9.18 Å². The van der Waals surface area contributed by atoms with E-state index in [1.807, 2.05) is 0 Å². The highest BCUT2D eigenvalue weighted by atomic mass is 19.1. The van der Waals surface area contributed by atoms with Gasteiger partial charge in [0.2, 0.25) is 0 Å². The fraction of sp³-hybridized carbons (Fsp3) is 0.500. The number of halogens is 1. The zero-order chi connectivity index (χ0) is 12.8. The summed E-state index contributed by atoms with van der Waals surface area (Å²) in [7, 11) is 0. The second-order valence-corrected chi connectivity index (χ2v) is 4.95. The third kappa shape index (κ3) is 4.98. The van der Waals surface area contributed by atoms with Gasteiger partial charge in [0.25, 0.3) is 5.91 Å². The van der Waals surface area contributed by atoms with Crippen molar-refractivity contribution in [1.29, 1.82) is 0 Å². The highest BCUT2D eigenvalue weighted by Crippen LogP contribution is 2.10. The predicted octanol–water partition coefficient (Wildman–Crippen LogP) is 3.24. The Morgan fingerprint density at radius 2 is 1.82 bits per heavy atom. The Balaban J connectivity index is 2.42. The summed E-state index contributed by atoms with van der Waals surface area (Å²) >= 11 is 0. The first kappa shape index (κ1) is 13.7. The van der Waals surface area contributed by atoms with Crippen molar-refractivity contribution in [3.8, 4) is 0 Å². The second kappa shape index (κ2) is 6.38. The van der Waals surface area contributed by atoms with Gasteiger partial charge in [-0.15, -0.1) is 0 Å². The first-order valence-corrected chi connectivity index (χ1v) is 6.02. The third-order valence-electron chi connectivity index (χ3n) is 2.59. The first-order chi connectivity index (χ1) is 7.99. The maximum Gasteiger partial charge on any atom is 0.251 e. The Bertz CT molecular complexity index is 359. The molecule has 0 radical (unpaired) electrons. The number of hydrogen-bond donors (Lipinski definition) is 1. The number of carbonyl (C=O) groups excluding carboxylic acids is 1. The zero-order valence-corrected chi connectivity index (χ0v) is 10.7. The maximum absolute atomic E-state index is 12.7. The summed E-state index contributed by atoms with van der Waals surface area (Å²) in [6, 6.07) is 5.59. The van der Waals surface area contributed by atoms with E-state index in [2.05, 4.69) is 26.1 Å². The standard InChI is InChI=1S/C14H20FNO/c1-10(2)8-11(3)9-16-14(17)12-4-6-13(15)7-5-12/h4-7,10-11H,8-9H2,1-3H3,(H,16,17). The topological polar surface area (TPSA) is 29.1 Å². The van der Waals surface area contributed by atoms with Crippen LogP contribution in [0.3, 0.4) is 0 Å². The lowest BCUT2D eigenvalue weighted by Gasteiger charge is -2.14. The van der Waals surface area contributed by atoms with Crippen LogP contribution in [-0.2, 0) is 0 Å². The van der Waals surface area contributed by atoms with Crippen molar-refractivity contribution in [3.63, 3.8) is 0 Å². The van der Waals surface area contributed by atoms with E-state index < -0.39 is 0 Å². The Morgan fingerprint density at radius 1 is 1.24 bits per heavy atom. The van der Waals surface area contributed by atoms with Crippen LogP contribution in [-0.4, -0.2) is 12.5 Å². The van der Waals surface area contributed by atoms with Crippen molar-refractivity contribution in [2.75, 3.05) is 6.54 Å². The van der Waals surface area contributed by atoms with Crippen LogP contribution in [0.2, 0.25) is 0 Å². The Morgan fingerprint density at radius 3 is 2.35 bits per heavy atom. The molecule has 0 saturated carbocycles. The molecule has 0 heterocycles. The molecular weight excluding hydrogens is 217 g/mol. The van der Waals surface area contributed by atoms with E-state index in [1.54, 1.807) is 0 Å². The zero-order valence-electron chi connectivity index (χ0n) is 10.7. The molecule has 0 aliphatic rings. The summed E-state index contributed by atoms with van der Waals surface area (Å²) in [4.78, 5) is 11.7. The minimum Gasteiger partial charge on any atom is -0.352 e. The number of rotatable bonds is 5. The molecule has 1 atom stereocenters. The summed E-state index contributed by atoms with van der Waals surface area (Å²) < 4.78 is 12.7. The molecule has 2 nitrogen and oxygen atoms in total. The number of hydrogen-bond acceptors (Lipinski definition) is 1. The second-order valence-electron chi connectivity index (χ2n) is 4.95. The average Bonchev–Trinajstić information content (AvgIpc) is 2.26. The molecule has 0 saturated heterocycles. The molecule has 1 amide bonds. The molecule has 0 fully saturated rings. The van der Waals surface area contributed by atoms with Crippen molar-refractivity contribution in [2.45, 2.75) is 27.2 Å². The van der Waals surface area contributed by atoms with Gasteiger partial charge in [0.05, 0.1) is 0 Å². The van der Waals surface area contributed by atoms with E-state index in [9.17, 15) is 9.18 Å². The van der Waals surface area contributed by atoms with Gasteiger partial charge in [-0.05, 0) is 42.5 Å². The van der Waals surface area contributed by atoms with Gasteiger partial charge in [-0.2, -0.15) is 0 Å². The highest BCUT2D eigenvalue weighted by molar-refractivity contribution is 5.94. The lowest BCUT2D eigenvalue weighted by molar-refractivity contribution is 0.0946. The monoisotopic (exact) mass is 237 g/mol. The molecule has 1 aromatic rings. The summed E-state index contributed by atoms with van der Waals surface area (Å²) in [5.74, 6) is 0.627. The van der Waals surface area contributed by atoms with E-state index in [0.717, 1.165) is 6.42 Å². The molecule has 17 heavy (non-hydrogen) atoms. The number of amides is 1.